The Hall–Kier alpha value is -4.16. The summed E-state index contributed by atoms with van der Waals surface area (Å²) < 4.78 is 0. The maximum atomic E-state index is 3.63. The van der Waals surface area contributed by atoms with Crippen LogP contribution in [-0.2, 0) is 0 Å². The van der Waals surface area contributed by atoms with Gasteiger partial charge in [0, 0.05) is 0 Å². The summed E-state index contributed by atoms with van der Waals surface area (Å²) in [5.74, 6) is 0. The molecule has 0 radical (unpaired) electrons. The van der Waals surface area contributed by atoms with E-state index in [2.05, 4.69) is 104 Å². The summed E-state index contributed by atoms with van der Waals surface area (Å²) in [7, 11) is 0. The molecular weight excluding hydrogens is 432 g/mol. The van der Waals surface area contributed by atoms with E-state index in [0.29, 0.717) is 0 Å². The number of rotatable bonds is 7. The molecule has 2 aliphatic carbocycles. The first-order valence-corrected chi connectivity index (χ1v) is 12.6. The van der Waals surface area contributed by atoms with Crippen LogP contribution in [0.4, 0.5) is 0 Å². The third-order valence-electron chi connectivity index (χ3n) is 5.51. The highest BCUT2D eigenvalue weighted by Crippen LogP contribution is 2.28. The zero-order valence-corrected chi connectivity index (χ0v) is 21.1. The topological polar surface area (TPSA) is 0 Å². The second kappa shape index (κ2) is 15.7. The van der Waals surface area contributed by atoms with Gasteiger partial charge in [-0.15, -0.1) is 0 Å². The van der Waals surface area contributed by atoms with Crippen LogP contribution in [0.3, 0.4) is 0 Å². The number of hydrogen-bond acceptors (Lipinski definition) is 0. The van der Waals surface area contributed by atoms with Crippen molar-refractivity contribution in [3.8, 4) is 0 Å². The molecule has 2 saturated carbocycles. The molecule has 0 heterocycles. The molecule has 0 saturated heterocycles. The first-order valence-electron chi connectivity index (χ1n) is 12.6. The van der Waals surface area contributed by atoms with Crippen LogP contribution < -0.4 is 0 Å². The fourth-order valence-corrected chi connectivity index (χ4v) is 3.13. The number of hydrogen-bond donors (Lipinski definition) is 0. The maximum absolute atomic E-state index is 3.63. The first kappa shape index (κ1) is 26.4. The molecule has 5 rings (SSSR count). The average Bonchev–Trinajstić information content (AvgIpc) is 3.87. The van der Waals surface area contributed by atoms with E-state index < -0.39 is 0 Å². The van der Waals surface area contributed by atoms with Gasteiger partial charge in [-0.3, -0.25) is 0 Å². The van der Waals surface area contributed by atoms with E-state index in [1.54, 1.807) is 11.1 Å². The van der Waals surface area contributed by atoms with Gasteiger partial charge in [-0.1, -0.05) is 170 Å². The van der Waals surface area contributed by atoms with Crippen LogP contribution in [0.1, 0.15) is 42.4 Å². The van der Waals surface area contributed by atoms with Gasteiger partial charge >= 0.3 is 0 Å². The summed E-state index contributed by atoms with van der Waals surface area (Å²) in [5, 5.41) is 0. The predicted octanol–water partition coefficient (Wildman–Crippen LogP) is 10.3. The SMILES string of the molecule is C(=Cc1ccccc1)C(C=Cc1ccccc1)=CC=C1CC1.C=CC=C1CC1.C=Cc1ccccc1. The number of allylic oxidation sites excluding steroid dienone is 9. The van der Waals surface area contributed by atoms with Crippen LogP contribution in [-0.4, -0.2) is 0 Å². The second-order valence-electron chi connectivity index (χ2n) is 8.66. The van der Waals surface area contributed by atoms with Crippen LogP contribution in [0.5, 0.6) is 0 Å². The molecule has 3 aromatic rings. The van der Waals surface area contributed by atoms with Crippen LogP contribution in [0.2, 0.25) is 0 Å². The Morgan fingerprint density at radius 2 is 0.944 bits per heavy atom. The molecule has 0 aliphatic heterocycles. The molecule has 0 N–H and O–H groups in total. The lowest BCUT2D eigenvalue weighted by Crippen LogP contribution is -1.74. The number of benzene rings is 3. The Morgan fingerprint density at radius 1 is 0.528 bits per heavy atom. The van der Waals surface area contributed by atoms with Crippen molar-refractivity contribution < 1.29 is 0 Å². The summed E-state index contributed by atoms with van der Waals surface area (Å²) in [6.45, 7) is 7.20. The highest BCUT2D eigenvalue weighted by molar-refractivity contribution is 5.60. The van der Waals surface area contributed by atoms with Crippen LogP contribution in [0.25, 0.3) is 18.2 Å². The standard InChI is InChI=1S/C22H20.C8H8.C6H8/c1-3-7-19(8-4-1)11-13-21(15-16-22-17-18-22)14-12-20-9-5-2-6-10-20;1-2-8-6-4-3-5-7-8;1-2-3-6-4-5-6/h1-16H,17-18H2;2-7H,1H2;2-3H,1,4-5H2. The average molecular weight is 469 g/mol. The smallest absolute Gasteiger partial charge is 0.0256 e. The van der Waals surface area contributed by atoms with Crippen molar-refractivity contribution in [2.45, 2.75) is 25.7 Å². The summed E-state index contributed by atoms with van der Waals surface area (Å²) in [6.07, 6.45) is 24.0. The van der Waals surface area contributed by atoms with Crippen molar-refractivity contribution in [1.82, 2.24) is 0 Å². The minimum Gasteiger partial charge on any atom is -0.0991 e. The highest BCUT2D eigenvalue weighted by atomic mass is 14.1. The molecule has 0 spiro atoms. The van der Waals surface area contributed by atoms with Crippen molar-refractivity contribution in [1.29, 1.82) is 0 Å². The fourth-order valence-electron chi connectivity index (χ4n) is 3.13. The Labute approximate surface area is 217 Å². The molecule has 2 fully saturated rings. The van der Waals surface area contributed by atoms with Gasteiger partial charge in [0.15, 0.2) is 0 Å². The van der Waals surface area contributed by atoms with Gasteiger partial charge in [0.2, 0.25) is 0 Å². The Balaban J connectivity index is 0.000000209. The molecule has 0 nitrogen and oxygen atoms in total. The second-order valence-corrected chi connectivity index (χ2v) is 8.66. The molecule has 180 valence electrons. The lowest BCUT2D eigenvalue weighted by Gasteiger charge is -1.96. The molecule has 2 aliphatic rings. The minimum atomic E-state index is 1.17. The van der Waals surface area contributed by atoms with Crippen LogP contribution in [0, 0.1) is 0 Å². The van der Waals surface area contributed by atoms with Crippen molar-refractivity contribution in [2.75, 3.05) is 0 Å². The fraction of sp³-hybridized carbons (Fsp3) is 0.111. The van der Waals surface area contributed by atoms with Gasteiger partial charge < -0.3 is 0 Å². The quantitative estimate of drug-likeness (QED) is 0.303. The van der Waals surface area contributed by atoms with E-state index in [-0.39, 0.29) is 0 Å². The Morgan fingerprint density at radius 3 is 1.28 bits per heavy atom. The van der Waals surface area contributed by atoms with Gasteiger partial charge in [-0.05, 0) is 47.9 Å². The molecule has 0 heteroatoms. The molecule has 0 unspecified atom stereocenters. The summed E-state index contributed by atoms with van der Waals surface area (Å²) in [6, 6.07) is 30.8. The van der Waals surface area contributed by atoms with Crippen molar-refractivity contribution in [3.63, 3.8) is 0 Å². The Bertz CT molecular complexity index is 1150. The first-order chi connectivity index (χ1) is 17.8. The summed E-state index contributed by atoms with van der Waals surface area (Å²) in [4.78, 5) is 0. The zero-order chi connectivity index (χ0) is 25.3. The lowest BCUT2D eigenvalue weighted by molar-refractivity contribution is 1.50. The van der Waals surface area contributed by atoms with Gasteiger partial charge in [0.1, 0.15) is 0 Å². The Kier molecular flexibility index (Phi) is 11.5. The molecule has 3 aromatic carbocycles. The monoisotopic (exact) mass is 468 g/mol. The van der Waals surface area contributed by atoms with E-state index in [1.165, 1.54) is 47.9 Å². The maximum Gasteiger partial charge on any atom is -0.0256 e. The van der Waals surface area contributed by atoms with Crippen molar-refractivity contribution in [3.05, 3.63) is 174 Å². The van der Waals surface area contributed by atoms with Crippen molar-refractivity contribution >= 4 is 18.2 Å². The zero-order valence-electron chi connectivity index (χ0n) is 21.1. The van der Waals surface area contributed by atoms with E-state index >= 15 is 0 Å². The minimum absolute atomic E-state index is 1.17. The summed E-state index contributed by atoms with van der Waals surface area (Å²) in [5.41, 5.74) is 7.92. The van der Waals surface area contributed by atoms with Gasteiger partial charge in [0.25, 0.3) is 0 Å². The molecule has 36 heavy (non-hydrogen) atoms. The van der Waals surface area contributed by atoms with Crippen molar-refractivity contribution in [2.24, 2.45) is 0 Å². The van der Waals surface area contributed by atoms with Gasteiger partial charge in [-0.25, -0.2) is 0 Å². The highest BCUT2D eigenvalue weighted by Gasteiger charge is 2.08. The third kappa shape index (κ3) is 11.8. The predicted molar refractivity (Wildman–Crippen MR) is 160 cm³/mol. The molecular formula is C36H36. The van der Waals surface area contributed by atoms with Crippen LogP contribution in [0.15, 0.2) is 157 Å². The van der Waals surface area contributed by atoms with E-state index in [1.807, 2.05) is 54.6 Å². The largest absolute Gasteiger partial charge is 0.0991 e. The summed E-state index contributed by atoms with van der Waals surface area (Å²) >= 11 is 0. The van der Waals surface area contributed by atoms with Gasteiger partial charge in [0.05, 0.1) is 0 Å². The van der Waals surface area contributed by atoms with E-state index in [4.69, 9.17) is 0 Å². The normalized spacial score (nSPS) is 13.0. The van der Waals surface area contributed by atoms with E-state index in [0.717, 1.165) is 0 Å². The molecule has 0 aromatic heterocycles. The third-order valence-corrected chi connectivity index (χ3v) is 5.51. The molecule has 0 amide bonds. The lowest BCUT2D eigenvalue weighted by atomic mass is 10.1. The van der Waals surface area contributed by atoms with E-state index in [9.17, 15) is 0 Å². The van der Waals surface area contributed by atoms with Gasteiger partial charge in [-0.2, -0.15) is 0 Å². The van der Waals surface area contributed by atoms with Crippen LogP contribution >= 0.6 is 0 Å². The molecule has 0 atom stereocenters. The molecule has 0 bridgehead atoms.